The van der Waals surface area contributed by atoms with E-state index in [2.05, 4.69) is 17.6 Å². The first-order chi connectivity index (χ1) is 18.3. The van der Waals surface area contributed by atoms with Gasteiger partial charge in [-0.2, -0.15) is 0 Å². The number of hydrogen-bond donors (Lipinski definition) is 3. The first-order valence-electron chi connectivity index (χ1n) is 14.0. The molecule has 12 heteroatoms. The van der Waals surface area contributed by atoms with Crippen molar-refractivity contribution in [1.82, 2.24) is 10.6 Å². The largest absolute Gasteiger partial charge is 0.480 e. The van der Waals surface area contributed by atoms with Crippen LogP contribution in [0.15, 0.2) is 0 Å². The van der Waals surface area contributed by atoms with E-state index in [1.807, 2.05) is 27.7 Å². The standard InChI is InChI=1S/C27H42N2O10/c1-14(2)12-19(23(34)28-13-21(31)32)29-20(30)8-9-22(33)35-24-16(4)18-7-6-15(3)17-10-11-26(5)37-25(36-24)27(17,18)39-38-26/h14-19,24-25H,6-13H2,1-5H3,(H,28,34)(H,29,30)(H,31,32)/t15-,16-,17+,18+,19+,24-,25-,26+,27-/m1/s1. The fourth-order valence-corrected chi connectivity index (χ4v) is 6.67. The molecule has 4 aliphatic heterocycles. The number of amides is 2. The summed E-state index contributed by atoms with van der Waals surface area (Å²) in [5, 5.41) is 13.7. The number of nitrogens with one attached hydrogen (secondary N) is 2. The quantitative estimate of drug-likeness (QED) is 0.270. The van der Waals surface area contributed by atoms with Gasteiger partial charge in [-0.3, -0.25) is 19.2 Å². The molecule has 4 heterocycles. The number of carbonyl (C=O) groups is 4. The smallest absolute Gasteiger partial charge is 0.322 e. The van der Waals surface area contributed by atoms with Crippen molar-refractivity contribution in [2.45, 2.75) is 110 Å². The predicted molar refractivity (Wildman–Crippen MR) is 134 cm³/mol. The van der Waals surface area contributed by atoms with E-state index < -0.39 is 60.3 Å². The molecule has 5 fully saturated rings. The lowest BCUT2D eigenvalue weighted by atomic mass is 9.58. The highest BCUT2D eigenvalue weighted by atomic mass is 17.3. The summed E-state index contributed by atoms with van der Waals surface area (Å²) in [6.45, 7) is 9.24. The zero-order chi connectivity index (χ0) is 28.5. The van der Waals surface area contributed by atoms with Crippen LogP contribution in [0.3, 0.4) is 0 Å². The van der Waals surface area contributed by atoms with Gasteiger partial charge in [0.1, 0.15) is 12.6 Å². The monoisotopic (exact) mass is 554 g/mol. The second-order valence-electron chi connectivity index (χ2n) is 12.1. The van der Waals surface area contributed by atoms with Crippen molar-refractivity contribution in [1.29, 1.82) is 0 Å². The third kappa shape index (κ3) is 6.23. The molecule has 12 nitrogen and oxygen atoms in total. The van der Waals surface area contributed by atoms with Gasteiger partial charge in [-0.15, -0.1) is 0 Å². The summed E-state index contributed by atoms with van der Waals surface area (Å²) in [6, 6.07) is -0.904. The zero-order valence-corrected chi connectivity index (χ0v) is 23.4. The van der Waals surface area contributed by atoms with Crippen LogP contribution in [-0.2, 0) is 43.2 Å². The van der Waals surface area contributed by atoms with Gasteiger partial charge in [0.15, 0.2) is 11.9 Å². The van der Waals surface area contributed by atoms with Crippen molar-refractivity contribution in [2.75, 3.05) is 6.54 Å². The van der Waals surface area contributed by atoms with Crippen LogP contribution in [-0.4, -0.2) is 65.4 Å². The molecule has 0 unspecified atom stereocenters. The van der Waals surface area contributed by atoms with Crippen LogP contribution in [0, 0.1) is 29.6 Å². The Kier molecular flexibility index (Phi) is 8.89. The van der Waals surface area contributed by atoms with Crippen LogP contribution in [0.4, 0.5) is 0 Å². The minimum atomic E-state index is -1.18. The van der Waals surface area contributed by atoms with Gasteiger partial charge in [-0.25, -0.2) is 9.78 Å². The average molecular weight is 555 g/mol. The Morgan fingerprint density at radius 2 is 1.79 bits per heavy atom. The number of ether oxygens (including phenoxy) is 3. The van der Waals surface area contributed by atoms with E-state index in [1.54, 1.807) is 0 Å². The summed E-state index contributed by atoms with van der Waals surface area (Å²) in [5.74, 6) is -3.31. The molecule has 5 rings (SSSR count). The Labute approximate surface area is 228 Å². The second-order valence-corrected chi connectivity index (χ2v) is 12.1. The molecule has 1 saturated carbocycles. The van der Waals surface area contributed by atoms with E-state index in [1.165, 1.54) is 0 Å². The van der Waals surface area contributed by atoms with Gasteiger partial charge >= 0.3 is 11.9 Å². The fourth-order valence-electron chi connectivity index (χ4n) is 6.67. The van der Waals surface area contributed by atoms with Gasteiger partial charge in [0.2, 0.25) is 23.9 Å². The minimum Gasteiger partial charge on any atom is -0.480 e. The van der Waals surface area contributed by atoms with Crippen molar-refractivity contribution in [3.05, 3.63) is 0 Å². The average Bonchev–Trinajstić information content (AvgIpc) is 3.09. The fraction of sp³-hybridized carbons (Fsp3) is 0.852. The topological polar surface area (TPSA) is 159 Å². The number of fused-ring (bicyclic) bond motifs is 2. The maximum Gasteiger partial charge on any atom is 0.322 e. The van der Waals surface area contributed by atoms with Crippen LogP contribution < -0.4 is 10.6 Å². The molecule has 0 aromatic carbocycles. The molecule has 1 aliphatic carbocycles. The predicted octanol–water partition coefficient (Wildman–Crippen LogP) is 2.25. The summed E-state index contributed by atoms with van der Waals surface area (Å²) in [7, 11) is 0. The normalized spacial score (nSPS) is 37.8. The summed E-state index contributed by atoms with van der Waals surface area (Å²) >= 11 is 0. The van der Waals surface area contributed by atoms with E-state index >= 15 is 0 Å². The van der Waals surface area contributed by atoms with Crippen molar-refractivity contribution in [3.63, 3.8) is 0 Å². The zero-order valence-electron chi connectivity index (χ0n) is 23.4. The maximum absolute atomic E-state index is 12.8. The lowest BCUT2D eigenvalue weighted by molar-refractivity contribution is -0.576. The summed E-state index contributed by atoms with van der Waals surface area (Å²) in [6.07, 6.45) is 1.77. The van der Waals surface area contributed by atoms with Gasteiger partial charge in [-0.05, 0) is 50.4 Å². The van der Waals surface area contributed by atoms with Crippen LogP contribution in [0.5, 0.6) is 0 Å². The van der Waals surface area contributed by atoms with Gasteiger partial charge in [-0.1, -0.05) is 27.7 Å². The number of esters is 1. The highest BCUT2D eigenvalue weighted by molar-refractivity contribution is 5.90. The van der Waals surface area contributed by atoms with Gasteiger partial charge in [0, 0.05) is 24.7 Å². The van der Waals surface area contributed by atoms with Crippen LogP contribution >= 0.6 is 0 Å². The summed E-state index contributed by atoms with van der Waals surface area (Å²) < 4.78 is 18.2. The molecule has 9 atom stereocenters. The molecule has 5 aliphatic rings. The molecule has 39 heavy (non-hydrogen) atoms. The summed E-state index contributed by atoms with van der Waals surface area (Å²) in [4.78, 5) is 60.4. The lowest BCUT2D eigenvalue weighted by Crippen LogP contribution is -2.70. The molecule has 220 valence electrons. The molecule has 3 N–H and O–H groups in total. The number of aliphatic carboxylic acids is 1. The first kappa shape index (κ1) is 29.7. The number of carboxylic acids is 1. The van der Waals surface area contributed by atoms with Gasteiger partial charge < -0.3 is 30.0 Å². The van der Waals surface area contributed by atoms with E-state index in [-0.39, 0.29) is 36.5 Å². The second kappa shape index (κ2) is 11.7. The van der Waals surface area contributed by atoms with E-state index in [9.17, 15) is 19.2 Å². The highest BCUT2D eigenvalue weighted by Crippen LogP contribution is 2.60. The molecule has 2 amide bonds. The molecule has 0 aromatic rings. The third-order valence-corrected chi connectivity index (χ3v) is 8.67. The molecule has 2 bridgehead atoms. The number of rotatable bonds is 10. The molecule has 4 saturated heterocycles. The Hall–Kier alpha value is -2.28. The number of carboxylic acid groups (broad SMARTS) is 1. The van der Waals surface area contributed by atoms with Crippen molar-refractivity contribution in [2.24, 2.45) is 29.6 Å². The first-order valence-corrected chi connectivity index (χ1v) is 14.0. The lowest BCUT2D eigenvalue weighted by Gasteiger charge is -2.59. The SMILES string of the molecule is CC(C)C[C@H](NC(=O)CCC(=O)O[C@@H]1O[C@@H]2O[C@]3(C)CC[C@H]4[C@H](C)CC[C@@H]([C@H]1C)[C@@]24OO3)C(=O)NCC(=O)O. The Balaban J connectivity index is 1.35. The Morgan fingerprint density at radius 3 is 2.49 bits per heavy atom. The molecule has 0 radical (unpaired) electrons. The van der Waals surface area contributed by atoms with Crippen molar-refractivity contribution >= 4 is 23.8 Å². The highest BCUT2D eigenvalue weighted by Gasteiger charge is 2.69. The molecule has 1 spiro atoms. The Morgan fingerprint density at radius 1 is 1.05 bits per heavy atom. The minimum absolute atomic E-state index is 0.00213. The van der Waals surface area contributed by atoms with Gasteiger partial charge in [0.05, 0.1) is 6.42 Å². The summed E-state index contributed by atoms with van der Waals surface area (Å²) in [5.41, 5.74) is -0.761. The third-order valence-electron chi connectivity index (χ3n) is 8.67. The van der Waals surface area contributed by atoms with E-state index in [0.717, 1.165) is 19.3 Å². The molecular formula is C27H42N2O10. The van der Waals surface area contributed by atoms with Crippen LogP contribution in [0.2, 0.25) is 0 Å². The number of carbonyl (C=O) groups excluding carboxylic acids is 3. The van der Waals surface area contributed by atoms with E-state index in [0.29, 0.717) is 18.8 Å². The Bertz CT molecular complexity index is 959. The van der Waals surface area contributed by atoms with E-state index in [4.69, 9.17) is 29.1 Å². The maximum atomic E-state index is 12.8. The van der Waals surface area contributed by atoms with Crippen molar-refractivity contribution in [3.8, 4) is 0 Å². The van der Waals surface area contributed by atoms with Crippen LogP contribution in [0.25, 0.3) is 0 Å². The number of hydrogen-bond acceptors (Lipinski definition) is 9. The molecular weight excluding hydrogens is 512 g/mol. The molecule has 0 aromatic heterocycles. The van der Waals surface area contributed by atoms with Crippen molar-refractivity contribution < 1.29 is 48.3 Å². The van der Waals surface area contributed by atoms with Crippen LogP contribution in [0.1, 0.15) is 79.6 Å². The van der Waals surface area contributed by atoms with Gasteiger partial charge in [0.25, 0.3) is 0 Å².